The predicted molar refractivity (Wildman–Crippen MR) is 72.4 cm³/mol. The van der Waals surface area contributed by atoms with Gasteiger partial charge in [0.1, 0.15) is 5.69 Å². The minimum absolute atomic E-state index is 0.0163. The van der Waals surface area contributed by atoms with Crippen molar-refractivity contribution in [3.8, 4) is 0 Å². The summed E-state index contributed by atoms with van der Waals surface area (Å²) in [6.45, 7) is 6.30. The third kappa shape index (κ3) is 2.38. The summed E-state index contributed by atoms with van der Waals surface area (Å²) in [6.07, 6.45) is 1.89. The molecule has 19 heavy (non-hydrogen) atoms. The van der Waals surface area contributed by atoms with E-state index in [1.54, 1.807) is 16.5 Å². The summed E-state index contributed by atoms with van der Waals surface area (Å²) in [5, 5.41) is 0. The first-order valence-corrected chi connectivity index (χ1v) is 6.09. The molecule has 0 saturated carbocycles. The Bertz CT molecular complexity index is 647. The normalized spacial score (nSPS) is 11.6. The molecule has 0 N–H and O–H groups in total. The number of hydrogen-bond acceptors (Lipinski definition) is 3. The zero-order chi connectivity index (χ0) is 14.2. The van der Waals surface area contributed by atoms with Crippen LogP contribution in [0, 0.1) is 0 Å². The van der Waals surface area contributed by atoms with Gasteiger partial charge in [0.25, 0.3) is 5.78 Å². The molecule has 0 aliphatic rings. The number of methoxy groups -OCH3 is 1. The fourth-order valence-electron chi connectivity index (χ4n) is 1.93. The SMILES string of the molecule is COC(=O)C(=O)c1cccc2cc(C(C)(C)C)cn12. The van der Waals surface area contributed by atoms with E-state index in [-0.39, 0.29) is 5.41 Å². The average Bonchev–Trinajstić information content (AvgIpc) is 2.80. The van der Waals surface area contributed by atoms with Gasteiger partial charge in [-0.3, -0.25) is 4.79 Å². The highest BCUT2D eigenvalue weighted by atomic mass is 16.5. The molecule has 4 heteroatoms. The van der Waals surface area contributed by atoms with Crippen LogP contribution < -0.4 is 0 Å². The van der Waals surface area contributed by atoms with E-state index in [0.717, 1.165) is 11.1 Å². The van der Waals surface area contributed by atoms with Gasteiger partial charge < -0.3 is 9.14 Å². The molecule has 0 aromatic carbocycles. The zero-order valence-electron chi connectivity index (χ0n) is 11.6. The Morgan fingerprint density at radius 3 is 2.47 bits per heavy atom. The average molecular weight is 259 g/mol. The lowest BCUT2D eigenvalue weighted by Crippen LogP contribution is -2.18. The van der Waals surface area contributed by atoms with E-state index in [0.29, 0.717) is 5.69 Å². The van der Waals surface area contributed by atoms with E-state index < -0.39 is 11.8 Å². The molecule has 2 aromatic heterocycles. The Hall–Kier alpha value is -2.10. The van der Waals surface area contributed by atoms with Crippen LogP contribution in [0.25, 0.3) is 5.52 Å². The zero-order valence-corrected chi connectivity index (χ0v) is 11.6. The largest absolute Gasteiger partial charge is 0.463 e. The van der Waals surface area contributed by atoms with E-state index in [4.69, 9.17) is 0 Å². The molecule has 0 amide bonds. The van der Waals surface area contributed by atoms with Crippen LogP contribution in [-0.2, 0) is 14.9 Å². The maximum absolute atomic E-state index is 12.0. The number of esters is 1. The number of ether oxygens (including phenoxy) is 1. The van der Waals surface area contributed by atoms with Crippen LogP contribution in [-0.4, -0.2) is 23.3 Å². The number of pyridine rings is 1. The van der Waals surface area contributed by atoms with E-state index in [1.165, 1.54) is 7.11 Å². The second-order valence-electron chi connectivity index (χ2n) is 5.51. The number of carbonyl (C=O) groups is 2. The van der Waals surface area contributed by atoms with E-state index in [9.17, 15) is 9.59 Å². The number of hydrogen-bond donors (Lipinski definition) is 0. The van der Waals surface area contributed by atoms with Gasteiger partial charge in [0, 0.05) is 11.7 Å². The van der Waals surface area contributed by atoms with Crippen molar-refractivity contribution in [1.29, 1.82) is 0 Å². The van der Waals surface area contributed by atoms with Gasteiger partial charge in [-0.25, -0.2) is 4.79 Å². The molecule has 4 nitrogen and oxygen atoms in total. The van der Waals surface area contributed by atoms with Crippen LogP contribution in [0.15, 0.2) is 30.5 Å². The number of rotatable bonds is 2. The van der Waals surface area contributed by atoms with Crippen molar-refractivity contribution in [3.63, 3.8) is 0 Å². The first-order valence-electron chi connectivity index (χ1n) is 6.09. The van der Waals surface area contributed by atoms with E-state index in [1.807, 2.05) is 18.3 Å². The summed E-state index contributed by atoms with van der Waals surface area (Å²) in [5.74, 6) is -1.48. The molecule has 0 fully saturated rings. The van der Waals surface area contributed by atoms with Crippen molar-refractivity contribution in [2.75, 3.05) is 7.11 Å². The molecule has 2 aromatic rings. The second-order valence-corrected chi connectivity index (χ2v) is 5.51. The highest BCUT2D eigenvalue weighted by molar-refractivity contribution is 6.40. The molecule has 100 valence electrons. The number of Topliss-reactive ketones (excluding diaryl/α,β-unsaturated/α-hetero) is 1. The van der Waals surface area contributed by atoms with Crippen LogP contribution in [0.4, 0.5) is 0 Å². The van der Waals surface area contributed by atoms with Gasteiger partial charge in [-0.1, -0.05) is 26.8 Å². The van der Waals surface area contributed by atoms with E-state index >= 15 is 0 Å². The van der Waals surface area contributed by atoms with Crippen LogP contribution in [0.1, 0.15) is 36.8 Å². The standard InChI is InChI=1S/C15H17NO3/c1-15(2,3)10-8-11-6-5-7-12(16(11)9-10)13(17)14(18)19-4/h5-9H,1-4H3. The Labute approximate surface area is 112 Å². The molecule has 0 bridgehead atoms. The molecule has 0 spiro atoms. The van der Waals surface area contributed by atoms with Crippen LogP contribution in [0.2, 0.25) is 0 Å². The molecule has 0 radical (unpaired) electrons. The van der Waals surface area contributed by atoms with Crippen LogP contribution >= 0.6 is 0 Å². The topological polar surface area (TPSA) is 47.8 Å². The lowest BCUT2D eigenvalue weighted by molar-refractivity contribution is -0.135. The Kier molecular flexibility index (Phi) is 3.18. The molecule has 0 unspecified atom stereocenters. The quantitative estimate of drug-likeness (QED) is 0.473. The number of nitrogens with zero attached hydrogens (tertiary/aromatic N) is 1. The van der Waals surface area contributed by atoms with Crippen molar-refractivity contribution >= 4 is 17.3 Å². The second kappa shape index (κ2) is 4.53. The van der Waals surface area contributed by atoms with Gasteiger partial charge in [0.05, 0.1) is 7.11 Å². The summed E-state index contributed by atoms with van der Waals surface area (Å²) < 4.78 is 6.22. The van der Waals surface area contributed by atoms with Crippen molar-refractivity contribution in [2.24, 2.45) is 0 Å². The maximum Gasteiger partial charge on any atom is 0.381 e. The first-order chi connectivity index (χ1) is 8.84. The fourth-order valence-corrected chi connectivity index (χ4v) is 1.93. The van der Waals surface area contributed by atoms with Gasteiger partial charge in [-0.15, -0.1) is 0 Å². The van der Waals surface area contributed by atoms with Crippen molar-refractivity contribution in [2.45, 2.75) is 26.2 Å². The molecular weight excluding hydrogens is 242 g/mol. The van der Waals surface area contributed by atoms with Gasteiger partial charge in [-0.05, 0) is 29.2 Å². The predicted octanol–water partition coefficient (Wildman–Crippen LogP) is 2.59. The summed E-state index contributed by atoms with van der Waals surface area (Å²) in [6, 6.07) is 7.31. The van der Waals surface area contributed by atoms with Gasteiger partial charge >= 0.3 is 5.97 Å². The summed E-state index contributed by atoms with van der Waals surface area (Å²) in [4.78, 5) is 23.3. The number of fused-ring (bicyclic) bond motifs is 1. The molecule has 0 aliphatic heterocycles. The summed E-state index contributed by atoms with van der Waals surface area (Å²) in [5.41, 5.74) is 2.30. The highest BCUT2D eigenvalue weighted by Crippen LogP contribution is 2.25. The van der Waals surface area contributed by atoms with Crippen LogP contribution in [0.3, 0.4) is 0 Å². The minimum Gasteiger partial charge on any atom is -0.463 e. The van der Waals surface area contributed by atoms with Gasteiger partial charge in [0.15, 0.2) is 0 Å². The lowest BCUT2D eigenvalue weighted by Gasteiger charge is -2.15. The Morgan fingerprint density at radius 1 is 1.21 bits per heavy atom. The smallest absolute Gasteiger partial charge is 0.381 e. The third-order valence-corrected chi connectivity index (χ3v) is 3.10. The Morgan fingerprint density at radius 2 is 1.89 bits per heavy atom. The molecule has 2 heterocycles. The monoisotopic (exact) mass is 259 g/mol. The van der Waals surface area contributed by atoms with Crippen LogP contribution in [0.5, 0.6) is 0 Å². The molecule has 0 atom stereocenters. The van der Waals surface area contributed by atoms with Gasteiger partial charge in [-0.2, -0.15) is 0 Å². The van der Waals surface area contributed by atoms with Gasteiger partial charge in [0.2, 0.25) is 0 Å². The highest BCUT2D eigenvalue weighted by Gasteiger charge is 2.21. The fraction of sp³-hybridized carbons (Fsp3) is 0.333. The Balaban J connectivity index is 2.61. The van der Waals surface area contributed by atoms with Crippen molar-refractivity contribution < 1.29 is 14.3 Å². The lowest BCUT2D eigenvalue weighted by atomic mass is 9.89. The molecule has 2 rings (SSSR count). The van der Waals surface area contributed by atoms with E-state index in [2.05, 4.69) is 25.5 Å². The molecule has 0 aliphatic carbocycles. The van der Waals surface area contributed by atoms with Crippen molar-refractivity contribution in [1.82, 2.24) is 4.40 Å². The number of ketones is 1. The molecule has 0 saturated heterocycles. The third-order valence-electron chi connectivity index (χ3n) is 3.10. The summed E-state index contributed by atoms with van der Waals surface area (Å²) >= 11 is 0. The molecular formula is C15H17NO3. The number of aromatic nitrogens is 1. The maximum atomic E-state index is 12.0. The summed E-state index contributed by atoms with van der Waals surface area (Å²) in [7, 11) is 1.20. The van der Waals surface area contributed by atoms with Crippen molar-refractivity contribution in [3.05, 3.63) is 41.7 Å². The number of carbonyl (C=O) groups excluding carboxylic acids is 2. The first kappa shape index (κ1) is 13.3. The minimum atomic E-state index is -0.849.